The summed E-state index contributed by atoms with van der Waals surface area (Å²) in [4.78, 5) is 0. The molecule has 0 saturated carbocycles. The van der Waals surface area contributed by atoms with Gasteiger partial charge in [0.15, 0.2) is 0 Å². The molecule has 0 aliphatic heterocycles. The van der Waals surface area contributed by atoms with Crippen LogP contribution in [0.5, 0.6) is 0 Å². The van der Waals surface area contributed by atoms with Crippen LogP contribution < -0.4 is 5.32 Å². The van der Waals surface area contributed by atoms with Crippen LogP contribution in [-0.4, -0.2) is 19.6 Å². The Labute approximate surface area is 107 Å². The second kappa shape index (κ2) is 5.72. The van der Waals surface area contributed by atoms with Crippen molar-refractivity contribution in [2.24, 2.45) is 7.05 Å². The first-order valence-corrected chi connectivity index (χ1v) is 5.45. The minimum Gasteiger partial charge on any atom is -0.377 e. The zero-order valence-corrected chi connectivity index (χ0v) is 11.2. The molecule has 0 saturated heterocycles. The lowest BCUT2D eigenvalue weighted by atomic mass is 10.3. The highest BCUT2D eigenvalue weighted by Gasteiger charge is 2.03. The van der Waals surface area contributed by atoms with Gasteiger partial charge < -0.3 is 5.32 Å². The van der Waals surface area contributed by atoms with E-state index in [1.807, 2.05) is 41.8 Å². The fourth-order valence-corrected chi connectivity index (χ4v) is 1.53. The van der Waals surface area contributed by atoms with Gasteiger partial charge in [0, 0.05) is 19.8 Å². The van der Waals surface area contributed by atoms with Crippen LogP contribution in [0.1, 0.15) is 18.3 Å². The highest BCUT2D eigenvalue weighted by Crippen LogP contribution is 2.12. The number of hydrogen-bond acceptors (Lipinski definition) is 3. The number of nitrogens with one attached hydrogen (secondary N) is 1. The van der Waals surface area contributed by atoms with Crippen molar-refractivity contribution in [3.63, 3.8) is 0 Å². The van der Waals surface area contributed by atoms with Gasteiger partial charge in [-0.3, -0.25) is 9.36 Å². The summed E-state index contributed by atoms with van der Waals surface area (Å²) in [5.41, 5.74) is 3.24. The van der Waals surface area contributed by atoms with Crippen LogP contribution in [0.25, 0.3) is 0 Å². The number of halogens is 1. The van der Waals surface area contributed by atoms with Gasteiger partial charge in [0.2, 0.25) is 0 Å². The zero-order chi connectivity index (χ0) is 11.5. The quantitative estimate of drug-likeness (QED) is 0.909. The summed E-state index contributed by atoms with van der Waals surface area (Å²) in [5, 5.41) is 11.9. The van der Waals surface area contributed by atoms with Crippen molar-refractivity contribution in [3.8, 4) is 0 Å². The van der Waals surface area contributed by atoms with Crippen molar-refractivity contribution in [2.45, 2.75) is 26.9 Å². The first-order chi connectivity index (χ1) is 7.70. The molecule has 6 heteroatoms. The molecule has 2 aromatic heterocycles. The number of hydrogen-bond donors (Lipinski definition) is 1. The Morgan fingerprint density at radius 1 is 1.41 bits per heavy atom. The first kappa shape index (κ1) is 13.6. The molecule has 1 N–H and O–H groups in total. The molecule has 2 rings (SSSR count). The molecule has 0 unspecified atom stereocenters. The number of nitrogens with zero attached hydrogens (tertiary/aromatic N) is 4. The van der Waals surface area contributed by atoms with Gasteiger partial charge in [-0.1, -0.05) is 0 Å². The average Bonchev–Trinajstić information content (AvgIpc) is 2.86. The number of aryl methyl sites for hydroxylation is 2. The molecule has 0 aliphatic rings. The zero-order valence-electron chi connectivity index (χ0n) is 10.3. The van der Waals surface area contributed by atoms with Crippen molar-refractivity contribution in [1.82, 2.24) is 19.6 Å². The van der Waals surface area contributed by atoms with Gasteiger partial charge in [-0.2, -0.15) is 10.2 Å². The largest absolute Gasteiger partial charge is 0.377 e. The van der Waals surface area contributed by atoms with Crippen LogP contribution in [-0.2, 0) is 20.1 Å². The predicted molar refractivity (Wildman–Crippen MR) is 70.4 cm³/mol. The Morgan fingerprint density at radius 2 is 2.18 bits per heavy atom. The lowest BCUT2D eigenvalue weighted by Gasteiger charge is -2.03. The van der Waals surface area contributed by atoms with E-state index in [0.717, 1.165) is 30.2 Å². The second-order valence-electron chi connectivity index (χ2n) is 3.78. The molecular weight excluding hydrogens is 238 g/mol. The molecule has 0 aromatic carbocycles. The molecule has 0 amide bonds. The van der Waals surface area contributed by atoms with Gasteiger partial charge in [-0.05, 0) is 19.9 Å². The van der Waals surface area contributed by atoms with E-state index in [0.29, 0.717) is 0 Å². The Kier molecular flexibility index (Phi) is 4.57. The van der Waals surface area contributed by atoms with Crippen LogP contribution >= 0.6 is 12.4 Å². The maximum atomic E-state index is 4.41. The molecule has 2 heterocycles. The Morgan fingerprint density at radius 3 is 2.71 bits per heavy atom. The number of anilines is 1. The van der Waals surface area contributed by atoms with Gasteiger partial charge in [0.25, 0.3) is 0 Å². The van der Waals surface area contributed by atoms with Crippen molar-refractivity contribution in [2.75, 3.05) is 5.32 Å². The minimum absolute atomic E-state index is 0. The molecule has 0 aliphatic carbocycles. The highest BCUT2D eigenvalue weighted by molar-refractivity contribution is 5.85. The minimum atomic E-state index is 0. The Hall–Kier alpha value is -1.49. The summed E-state index contributed by atoms with van der Waals surface area (Å²) in [7, 11) is 1.94. The summed E-state index contributed by atoms with van der Waals surface area (Å²) in [6.07, 6.45) is 3.83. The molecule has 17 heavy (non-hydrogen) atoms. The maximum absolute atomic E-state index is 4.41. The molecule has 0 spiro atoms. The Balaban J connectivity index is 0.00000144. The lowest BCUT2D eigenvalue weighted by molar-refractivity contribution is 0.649. The molecule has 94 valence electrons. The topological polar surface area (TPSA) is 47.7 Å². The Bertz CT molecular complexity index is 474. The molecule has 0 atom stereocenters. The van der Waals surface area contributed by atoms with Crippen molar-refractivity contribution in [1.29, 1.82) is 0 Å². The van der Waals surface area contributed by atoms with Gasteiger partial charge in [0.05, 0.1) is 29.8 Å². The van der Waals surface area contributed by atoms with E-state index in [1.165, 1.54) is 0 Å². The molecule has 2 aromatic rings. The fraction of sp³-hybridized carbons (Fsp3) is 0.455. The molecule has 5 nitrogen and oxygen atoms in total. The standard InChI is InChI=1S/C11H17N5.ClH/c1-4-16-6-5-10(14-16)7-12-11-8-13-15(3)9(11)2;/h5-6,8,12H,4,7H2,1-3H3;1H. The number of rotatable bonds is 4. The summed E-state index contributed by atoms with van der Waals surface area (Å²) < 4.78 is 3.78. The van der Waals surface area contributed by atoms with E-state index >= 15 is 0 Å². The van der Waals surface area contributed by atoms with Crippen LogP contribution in [0.4, 0.5) is 5.69 Å². The summed E-state index contributed by atoms with van der Waals surface area (Å²) in [5.74, 6) is 0. The third-order valence-corrected chi connectivity index (χ3v) is 2.72. The van der Waals surface area contributed by atoms with Gasteiger partial charge >= 0.3 is 0 Å². The second-order valence-corrected chi connectivity index (χ2v) is 3.78. The van der Waals surface area contributed by atoms with Crippen LogP contribution in [0.15, 0.2) is 18.5 Å². The average molecular weight is 256 g/mol. The summed E-state index contributed by atoms with van der Waals surface area (Å²) in [6.45, 7) is 5.76. The summed E-state index contributed by atoms with van der Waals surface area (Å²) >= 11 is 0. The highest BCUT2D eigenvalue weighted by atomic mass is 35.5. The van der Waals surface area contributed by atoms with E-state index < -0.39 is 0 Å². The first-order valence-electron chi connectivity index (χ1n) is 5.45. The monoisotopic (exact) mass is 255 g/mol. The predicted octanol–water partition coefficient (Wildman–Crippen LogP) is 1.98. The van der Waals surface area contributed by atoms with Gasteiger partial charge in [-0.15, -0.1) is 12.4 Å². The fourth-order valence-electron chi connectivity index (χ4n) is 1.53. The molecular formula is C11H18ClN5. The normalized spacial score (nSPS) is 10.1. The van der Waals surface area contributed by atoms with E-state index in [2.05, 4.69) is 22.4 Å². The molecule has 0 bridgehead atoms. The van der Waals surface area contributed by atoms with Gasteiger partial charge in [-0.25, -0.2) is 0 Å². The third kappa shape index (κ3) is 3.00. The molecule has 0 radical (unpaired) electrons. The van der Waals surface area contributed by atoms with Crippen LogP contribution in [0.3, 0.4) is 0 Å². The van der Waals surface area contributed by atoms with Gasteiger partial charge in [0.1, 0.15) is 0 Å². The van der Waals surface area contributed by atoms with E-state index in [-0.39, 0.29) is 12.4 Å². The number of aromatic nitrogens is 4. The van der Waals surface area contributed by atoms with E-state index in [4.69, 9.17) is 0 Å². The van der Waals surface area contributed by atoms with E-state index in [1.54, 1.807) is 0 Å². The van der Waals surface area contributed by atoms with Crippen LogP contribution in [0, 0.1) is 6.92 Å². The smallest absolute Gasteiger partial charge is 0.0815 e. The van der Waals surface area contributed by atoms with Crippen LogP contribution in [0.2, 0.25) is 0 Å². The maximum Gasteiger partial charge on any atom is 0.0815 e. The SMILES string of the molecule is CCn1ccc(CNc2cnn(C)c2C)n1.Cl. The summed E-state index contributed by atoms with van der Waals surface area (Å²) in [6, 6.07) is 2.03. The van der Waals surface area contributed by atoms with E-state index in [9.17, 15) is 0 Å². The van der Waals surface area contributed by atoms with Crippen molar-refractivity contribution in [3.05, 3.63) is 29.8 Å². The van der Waals surface area contributed by atoms with Crippen molar-refractivity contribution >= 4 is 18.1 Å². The van der Waals surface area contributed by atoms with Crippen molar-refractivity contribution < 1.29 is 0 Å². The lowest BCUT2D eigenvalue weighted by Crippen LogP contribution is -2.03. The third-order valence-electron chi connectivity index (χ3n) is 2.72. The molecule has 0 fully saturated rings.